The third-order valence-electron chi connectivity index (χ3n) is 4.88. The Morgan fingerprint density at radius 2 is 1.97 bits per heavy atom. The second kappa shape index (κ2) is 8.59. The number of carbonyl (C=O) groups excluding carboxylic acids is 1. The van der Waals surface area contributed by atoms with Crippen molar-refractivity contribution in [2.24, 2.45) is 0 Å². The summed E-state index contributed by atoms with van der Waals surface area (Å²) in [7, 11) is 0. The molecule has 4 aromatic rings. The van der Waals surface area contributed by atoms with Gasteiger partial charge in [-0.05, 0) is 55.3 Å². The van der Waals surface area contributed by atoms with Crippen LogP contribution in [0.1, 0.15) is 28.1 Å². The Kier molecular flexibility index (Phi) is 5.54. The summed E-state index contributed by atoms with van der Waals surface area (Å²) in [4.78, 5) is 25.3. The van der Waals surface area contributed by atoms with Gasteiger partial charge in [-0.25, -0.2) is 4.98 Å². The minimum atomic E-state index is -0.309. The van der Waals surface area contributed by atoms with Gasteiger partial charge in [-0.1, -0.05) is 6.07 Å². The molecule has 0 saturated heterocycles. The maximum Gasteiger partial charge on any atom is 0.248 e. The molecule has 0 atom stereocenters. The number of fused-ring (bicyclic) bond motifs is 1. The van der Waals surface area contributed by atoms with Crippen molar-refractivity contribution in [1.29, 1.82) is 5.26 Å². The van der Waals surface area contributed by atoms with Crippen molar-refractivity contribution in [2.75, 3.05) is 5.32 Å². The number of anilines is 1. The van der Waals surface area contributed by atoms with Crippen molar-refractivity contribution in [2.45, 2.75) is 20.4 Å². The highest BCUT2D eigenvalue weighted by atomic mass is 16.1. The Morgan fingerprint density at radius 3 is 2.65 bits per heavy atom. The SMILES string of the molecule is Cc1cc(C)c2c(C#N)c(C=CC(=O)Nc3cccnc3)n(Cc3cccnc3)c2n1. The molecule has 1 N–H and O–H groups in total. The van der Waals surface area contributed by atoms with E-state index in [1.807, 2.05) is 36.6 Å². The van der Waals surface area contributed by atoms with Crippen molar-refractivity contribution in [3.63, 3.8) is 0 Å². The number of hydrogen-bond acceptors (Lipinski definition) is 5. The molecule has 0 aliphatic carbocycles. The summed E-state index contributed by atoms with van der Waals surface area (Å²) in [5.74, 6) is -0.309. The summed E-state index contributed by atoms with van der Waals surface area (Å²) in [5.41, 5.74) is 5.24. The standard InChI is InChI=1S/C24H20N6O/c1-16-11-17(2)28-24-23(16)20(12-25)21(30(24)15-18-5-3-9-26-13-18)7-8-22(31)29-19-6-4-10-27-14-19/h3-11,13-14H,15H2,1-2H3,(H,29,31). The van der Waals surface area contributed by atoms with E-state index in [9.17, 15) is 10.1 Å². The van der Waals surface area contributed by atoms with Crippen LogP contribution in [0, 0.1) is 25.2 Å². The van der Waals surface area contributed by atoms with Gasteiger partial charge in [-0.2, -0.15) is 5.26 Å². The van der Waals surface area contributed by atoms with Gasteiger partial charge in [0.25, 0.3) is 0 Å². The van der Waals surface area contributed by atoms with Gasteiger partial charge in [0.05, 0.1) is 29.7 Å². The van der Waals surface area contributed by atoms with E-state index in [0.717, 1.165) is 22.2 Å². The van der Waals surface area contributed by atoms with Gasteiger partial charge in [-0.15, -0.1) is 0 Å². The van der Waals surface area contributed by atoms with E-state index in [1.54, 1.807) is 43.0 Å². The third-order valence-corrected chi connectivity index (χ3v) is 4.88. The Hall–Kier alpha value is -4.31. The third kappa shape index (κ3) is 4.19. The van der Waals surface area contributed by atoms with Crippen LogP contribution in [0.15, 0.2) is 61.2 Å². The van der Waals surface area contributed by atoms with E-state index in [1.165, 1.54) is 6.08 Å². The van der Waals surface area contributed by atoms with E-state index in [2.05, 4.69) is 21.4 Å². The Labute approximate surface area is 179 Å². The fourth-order valence-electron chi connectivity index (χ4n) is 3.59. The number of aromatic nitrogens is 4. The lowest BCUT2D eigenvalue weighted by Gasteiger charge is -2.09. The molecular formula is C24H20N6O. The molecule has 31 heavy (non-hydrogen) atoms. The van der Waals surface area contributed by atoms with Crippen LogP contribution in [0.25, 0.3) is 17.1 Å². The van der Waals surface area contributed by atoms with Crippen LogP contribution >= 0.6 is 0 Å². The smallest absolute Gasteiger partial charge is 0.248 e. The topological polar surface area (TPSA) is 96.5 Å². The number of nitrogens with one attached hydrogen (secondary N) is 1. The van der Waals surface area contributed by atoms with Crippen LogP contribution in [0.3, 0.4) is 0 Å². The fourth-order valence-corrected chi connectivity index (χ4v) is 3.59. The maximum absolute atomic E-state index is 12.4. The highest BCUT2D eigenvalue weighted by molar-refractivity contribution is 6.02. The van der Waals surface area contributed by atoms with Crippen molar-refractivity contribution in [1.82, 2.24) is 19.5 Å². The first kappa shape index (κ1) is 20.0. The maximum atomic E-state index is 12.4. The lowest BCUT2D eigenvalue weighted by Crippen LogP contribution is -2.08. The minimum Gasteiger partial charge on any atom is -0.321 e. The molecule has 0 spiro atoms. The fraction of sp³-hybridized carbons (Fsp3) is 0.125. The lowest BCUT2D eigenvalue weighted by molar-refractivity contribution is -0.111. The van der Waals surface area contributed by atoms with Gasteiger partial charge < -0.3 is 9.88 Å². The molecule has 0 fully saturated rings. The normalized spacial score (nSPS) is 11.0. The van der Waals surface area contributed by atoms with Crippen molar-refractivity contribution in [3.05, 3.63) is 89.3 Å². The highest BCUT2D eigenvalue weighted by Gasteiger charge is 2.19. The predicted octanol–water partition coefficient (Wildman–Crippen LogP) is 4.02. The largest absolute Gasteiger partial charge is 0.321 e. The minimum absolute atomic E-state index is 0.309. The van der Waals surface area contributed by atoms with Crippen LogP contribution in [0.2, 0.25) is 0 Å². The number of pyridine rings is 3. The summed E-state index contributed by atoms with van der Waals surface area (Å²) in [6.07, 6.45) is 9.79. The van der Waals surface area contributed by atoms with E-state index in [-0.39, 0.29) is 5.91 Å². The lowest BCUT2D eigenvalue weighted by atomic mass is 10.1. The number of nitrogens with zero attached hydrogens (tertiary/aromatic N) is 5. The molecule has 7 nitrogen and oxygen atoms in total. The molecule has 1 amide bonds. The van der Waals surface area contributed by atoms with Crippen LogP contribution in [0.5, 0.6) is 0 Å². The first-order valence-electron chi connectivity index (χ1n) is 9.75. The summed E-state index contributed by atoms with van der Waals surface area (Å²) in [5, 5.41) is 13.5. The van der Waals surface area contributed by atoms with Crippen LogP contribution in [-0.2, 0) is 11.3 Å². The predicted molar refractivity (Wildman–Crippen MR) is 119 cm³/mol. The van der Waals surface area contributed by atoms with Gasteiger partial charge >= 0.3 is 0 Å². The molecule has 4 aromatic heterocycles. The molecule has 0 bridgehead atoms. The molecule has 0 saturated carbocycles. The number of nitriles is 1. The van der Waals surface area contributed by atoms with Crippen molar-refractivity contribution in [3.8, 4) is 6.07 Å². The number of hydrogen-bond donors (Lipinski definition) is 1. The summed E-state index contributed by atoms with van der Waals surface area (Å²) in [6, 6.07) is 11.6. The molecule has 7 heteroatoms. The molecule has 0 aliphatic heterocycles. The Bertz CT molecular complexity index is 1320. The molecule has 152 valence electrons. The number of rotatable bonds is 5. The molecule has 0 unspecified atom stereocenters. The van der Waals surface area contributed by atoms with Gasteiger partial charge in [0.15, 0.2) is 0 Å². The van der Waals surface area contributed by atoms with Gasteiger partial charge in [0.2, 0.25) is 5.91 Å². The average Bonchev–Trinajstić information content (AvgIpc) is 3.06. The van der Waals surface area contributed by atoms with Gasteiger partial charge in [-0.3, -0.25) is 14.8 Å². The van der Waals surface area contributed by atoms with Crippen molar-refractivity contribution >= 4 is 28.7 Å². The van der Waals surface area contributed by atoms with Crippen LogP contribution in [0.4, 0.5) is 5.69 Å². The zero-order chi connectivity index (χ0) is 21.8. The van der Waals surface area contributed by atoms with Crippen molar-refractivity contribution < 1.29 is 4.79 Å². The monoisotopic (exact) mass is 408 g/mol. The Balaban J connectivity index is 1.81. The molecule has 4 heterocycles. The Morgan fingerprint density at radius 1 is 1.19 bits per heavy atom. The van der Waals surface area contributed by atoms with Gasteiger partial charge in [0.1, 0.15) is 11.7 Å². The zero-order valence-corrected chi connectivity index (χ0v) is 17.2. The average molecular weight is 408 g/mol. The van der Waals surface area contributed by atoms with Crippen LogP contribution in [-0.4, -0.2) is 25.4 Å². The molecule has 0 aliphatic rings. The van der Waals surface area contributed by atoms with Gasteiger partial charge in [0, 0.05) is 35.7 Å². The summed E-state index contributed by atoms with van der Waals surface area (Å²) < 4.78 is 1.96. The first-order chi connectivity index (χ1) is 15.1. The molecule has 0 radical (unpaired) electrons. The summed E-state index contributed by atoms with van der Waals surface area (Å²) in [6.45, 7) is 4.37. The summed E-state index contributed by atoms with van der Waals surface area (Å²) >= 11 is 0. The second-order valence-corrected chi connectivity index (χ2v) is 7.16. The van der Waals surface area contributed by atoms with E-state index in [0.29, 0.717) is 29.1 Å². The first-order valence-corrected chi connectivity index (χ1v) is 9.75. The second-order valence-electron chi connectivity index (χ2n) is 7.16. The number of amides is 1. The van der Waals surface area contributed by atoms with E-state index < -0.39 is 0 Å². The highest BCUT2D eigenvalue weighted by Crippen LogP contribution is 2.29. The number of carbonyl (C=O) groups is 1. The van der Waals surface area contributed by atoms with E-state index >= 15 is 0 Å². The zero-order valence-electron chi connectivity index (χ0n) is 17.2. The molecular weight excluding hydrogens is 388 g/mol. The quantitative estimate of drug-likeness (QED) is 0.503. The molecule has 4 rings (SSSR count). The van der Waals surface area contributed by atoms with Crippen LogP contribution < -0.4 is 5.32 Å². The van der Waals surface area contributed by atoms with E-state index in [4.69, 9.17) is 4.98 Å². The number of aryl methyl sites for hydroxylation is 2. The molecule has 0 aromatic carbocycles.